The van der Waals surface area contributed by atoms with Gasteiger partial charge >= 0.3 is 0 Å². The van der Waals surface area contributed by atoms with E-state index in [1.807, 2.05) is 17.9 Å². The van der Waals surface area contributed by atoms with Gasteiger partial charge in [-0.2, -0.15) is 5.10 Å². The van der Waals surface area contributed by atoms with Gasteiger partial charge in [0.15, 0.2) is 0 Å². The maximum Gasteiger partial charge on any atom is 0.0522 e. The smallest absolute Gasteiger partial charge is 0.0522 e. The van der Waals surface area contributed by atoms with Crippen LogP contribution in [0.25, 0.3) is 0 Å². The number of hydrogen-bond acceptors (Lipinski definition) is 3. The van der Waals surface area contributed by atoms with Gasteiger partial charge in [0.1, 0.15) is 0 Å². The van der Waals surface area contributed by atoms with E-state index in [4.69, 9.17) is 5.73 Å². The van der Waals surface area contributed by atoms with Crippen molar-refractivity contribution in [2.24, 2.45) is 12.8 Å². The first-order valence-electron chi connectivity index (χ1n) is 5.69. The number of hydrogen-bond donors (Lipinski definition) is 1. The molecule has 1 aliphatic heterocycles. The summed E-state index contributed by atoms with van der Waals surface area (Å²) in [7, 11) is 1.96. The van der Waals surface area contributed by atoms with Gasteiger partial charge in [0.05, 0.1) is 6.20 Å². The summed E-state index contributed by atoms with van der Waals surface area (Å²) in [4.78, 5) is 2.46. The van der Waals surface area contributed by atoms with Crippen molar-refractivity contribution in [2.45, 2.75) is 25.3 Å². The van der Waals surface area contributed by atoms with Crippen LogP contribution in [0.15, 0.2) is 12.4 Å². The van der Waals surface area contributed by atoms with E-state index in [9.17, 15) is 0 Å². The highest BCUT2D eigenvalue weighted by molar-refractivity contribution is 5.85. The van der Waals surface area contributed by atoms with Crippen LogP contribution >= 0.6 is 24.8 Å². The Labute approximate surface area is 115 Å². The topological polar surface area (TPSA) is 47.1 Å². The summed E-state index contributed by atoms with van der Waals surface area (Å²) < 4.78 is 1.86. The van der Waals surface area contributed by atoms with Gasteiger partial charge in [-0.3, -0.25) is 4.68 Å². The summed E-state index contributed by atoms with van der Waals surface area (Å²) in [5.74, 6) is 0. The molecule has 0 bridgehead atoms. The number of likely N-dealkylation sites (tertiary alicyclic amines) is 1. The fraction of sp³-hybridized carbons (Fsp3) is 0.727. The van der Waals surface area contributed by atoms with Gasteiger partial charge < -0.3 is 10.6 Å². The van der Waals surface area contributed by atoms with Crippen LogP contribution in [0.3, 0.4) is 0 Å². The van der Waals surface area contributed by atoms with Gasteiger partial charge in [-0.25, -0.2) is 0 Å². The van der Waals surface area contributed by atoms with E-state index < -0.39 is 0 Å². The van der Waals surface area contributed by atoms with Crippen molar-refractivity contribution < 1.29 is 0 Å². The molecule has 100 valence electrons. The minimum absolute atomic E-state index is 0. The molecule has 2 rings (SSSR count). The Morgan fingerprint density at radius 1 is 1.47 bits per heavy atom. The molecule has 1 aliphatic rings. The number of halogens is 2. The molecule has 0 unspecified atom stereocenters. The summed E-state index contributed by atoms with van der Waals surface area (Å²) >= 11 is 0. The van der Waals surface area contributed by atoms with Gasteiger partial charge in [-0.05, 0) is 31.4 Å². The molecule has 2 N–H and O–H groups in total. The molecule has 1 atom stereocenters. The Morgan fingerprint density at radius 3 is 2.82 bits per heavy atom. The Kier molecular flexibility index (Phi) is 7.79. The second-order valence-electron chi connectivity index (χ2n) is 4.48. The molecule has 0 spiro atoms. The summed E-state index contributed by atoms with van der Waals surface area (Å²) in [6.07, 6.45) is 7.55. The average molecular weight is 281 g/mol. The average Bonchev–Trinajstić information content (AvgIpc) is 2.62. The molecule has 1 saturated heterocycles. The Bertz CT molecular complexity index is 316. The van der Waals surface area contributed by atoms with Crippen LogP contribution in [0.5, 0.6) is 0 Å². The third-order valence-corrected chi connectivity index (χ3v) is 3.02. The third kappa shape index (κ3) is 5.25. The van der Waals surface area contributed by atoms with Gasteiger partial charge in [0.25, 0.3) is 0 Å². The van der Waals surface area contributed by atoms with Gasteiger partial charge in [0.2, 0.25) is 0 Å². The third-order valence-electron chi connectivity index (χ3n) is 3.02. The van der Waals surface area contributed by atoms with Gasteiger partial charge in [-0.15, -0.1) is 24.8 Å². The van der Waals surface area contributed by atoms with Crippen molar-refractivity contribution in [1.82, 2.24) is 14.7 Å². The van der Waals surface area contributed by atoms with Crippen molar-refractivity contribution in [1.29, 1.82) is 0 Å². The Balaban J connectivity index is 0.00000128. The quantitative estimate of drug-likeness (QED) is 0.906. The van der Waals surface area contributed by atoms with E-state index in [1.165, 1.54) is 24.9 Å². The number of rotatable bonds is 3. The molecule has 17 heavy (non-hydrogen) atoms. The van der Waals surface area contributed by atoms with Crippen molar-refractivity contribution >= 4 is 24.8 Å². The number of piperidine rings is 1. The molecule has 6 heteroatoms. The maximum absolute atomic E-state index is 5.94. The lowest BCUT2D eigenvalue weighted by atomic mass is 10.1. The van der Waals surface area contributed by atoms with Crippen LogP contribution in [0.1, 0.15) is 18.4 Å². The summed E-state index contributed by atoms with van der Waals surface area (Å²) in [6.45, 7) is 3.37. The minimum atomic E-state index is 0. The second kappa shape index (κ2) is 7.93. The summed E-state index contributed by atoms with van der Waals surface area (Å²) in [5, 5.41) is 4.17. The lowest BCUT2D eigenvalue weighted by Crippen LogP contribution is -2.43. The van der Waals surface area contributed by atoms with Crippen LogP contribution in [0.2, 0.25) is 0 Å². The monoisotopic (exact) mass is 280 g/mol. The molecule has 0 aromatic carbocycles. The fourth-order valence-corrected chi connectivity index (χ4v) is 2.18. The van der Waals surface area contributed by atoms with Crippen LogP contribution in [0, 0.1) is 0 Å². The second-order valence-corrected chi connectivity index (χ2v) is 4.48. The standard InChI is InChI=1S/C11H20N4.2ClH/c1-14-8-10(7-13-14)4-6-15-5-2-3-11(12)9-15;;/h7-8,11H,2-6,9,12H2,1H3;2*1H/t11-;;/m1../s1. The molecular weight excluding hydrogens is 259 g/mol. The largest absolute Gasteiger partial charge is 0.327 e. The Hall–Kier alpha value is -0.290. The van der Waals surface area contributed by atoms with Crippen molar-refractivity contribution in [3.63, 3.8) is 0 Å². The van der Waals surface area contributed by atoms with Crippen LogP contribution in [-0.2, 0) is 13.5 Å². The van der Waals surface area contributed by atoms with E-state index in [2.05, 4.69) is 16.2 Å². The lowest BCUT2D eigenvalue weighted by molar-refractivity contribution is 0.211. The molecule has 1 fully saturated rings. The molecule has 1 aromatic rings. The first-order chi connectivity index (χ1) is 7.24. The van der Waals surface area contributed by atoms with Crippen LogP contribution < -0.4 is 5.73 Å². The first kappa shape index (κ1) is 16.7. The number of nitrogens with two attached hydrogens (primary N) is 1. The predicted octanol–water partition coefficient (Wildman–Crippen LogP) is 1.23. The predicted molar refractivity (Wildman–Crippen MR) is 75.1 cm³/mol. The van der Waals surface area contributed by atoms with E-state index in [0.717, 1.165) is 19.5 Å². The molecule has 1 aromatic heterocycles. The first-order valence-corrected chi connectivity index (χ1v) is 5.69. The highest BCUT2D eigenvalue weighted by atomic mass is 35.5. The molecule has 2 heterocycles. The SMILES string of the molecule is Cl.Cl.Cn1cc(CCN2CCC[C@@H](N)C2)cn1. The molecular formula is C11H22Cl2N4. The fourth-order valence-electron chi connectivity index (χ4n) is 2.18. The van der Waals surface area contributed by atoms with Crippen molar-refractivity contribution in [3.05, 3.63) is 18.0 Å². The zero-order valence-corrected chi connectivity index (χ0v) is 11.8. The van der Waals surface area contributed by atoms with Crippen molar-refractivity contribution in [2.75, 3.05) is 19.6 Å². The normalized spacial score (nSPS) is 20.5. The highest BCUT2D eigenvalue weighted by Crippen LogP contribution is 2.09. The van der Waals surface area contributed by atoms with Crippen LogP contribution in [-0.4, -0.2) is 40.4 Å². The zero-order chi connectivity index (χ0) is 10.7. The Morgan fingerprint density at radius 2 is 2.24 bits per heavy atom. The minimum Gasteiger partial charge on any atom is -0.327 e. The van der Waals surface area contributed by atoms with Gasteiger partial charge in [-0.1, -0.05) is 0 Å². The van der Waals surface area contributed by atoms with E-state index >= 15 is 0 Å². The van der Waals surface area contributed by atoms with E-state index in [-0.39, 0.29) is 24.8 Å². The molecule has 0 aliphatic carbocycles. The number of aryl methyl sites for hydroxylation is 1. The highest BCUT2D eigenvalue weighted by Gasteiger charge is 2.15. The van der Waals surface area contributed by atoms with E-state index in [1.54, 1.807) is 0 Å². The number of aromatic nitrogens is 2. The van der Waals surface area contributed by atoms with E-state index in [0.29, 0.717) is 6.04 Å². The lowest BCUT2D eigenvalue weighted by Gasteiger charge is -2.30. The number of nitrogens with zero attached hydrogens (tertiary/aromatic N) is 3. The zero-order valence-electron chi connectivity index (χ0n) is 10.2. The maximum atomic E-state index is 5.94. The van der Waals surface area contributed by atoms with Crippen molar-refractivity contribution in [3.8, 4) is 0 Å². The molecule has 0 radical (unpaired) electrons. The van der Waals surface area contributed by atoms with Gasteiger partial charge in [0, 0.05) is 32.4 Å². The molecule has 0 saturated carbocycles. The molecule has 4 nitrogen and oxygen atoms in total. The van der Waals surface area contributed by atoms with Crippen LogP contribution in [0.4, 0.5) is 0 Å². The summed E-state index contributed by atoms with van der Waals surface area (Å²) in [6, 6.07) is 0.382. The molecule has 0 amide bonds. The summed E-state index contributed by atoms with van der Waals surface area (Å²) in [5.41, 5.74) is 7.26.